The van der Waals surface area contributed by atoms with Crippen LogP contribution in [-0.4, -0.2) is 26.5 Å². The summed E-state index contributed by atoms with van der Waals surface area (Å²) >= 11 is 1.10. The molecule has 0 saturated heterocycles. The fourth-order valence-corrected chi connectivity index (χ4v) is 3.50. The van der Waals surface area contributed by atoms with Crippen LogP contribution in [0.4, 0.5) is 5.69 Å². The van der Waals surface area contributed by atoms with Gasteiger partial charge in [0, 0.05) is 24.2 Å². The van der Waals surface area contributed by atoms with E-state index in [2.05, 4.69) is 4.37 Å². The molecule has 136 valence electrons. The van der Waals surface area contributed by atoms with Crippen molar-refractivity contribution in [2.75, 3.05) is 11.9 Å². The summed E-state index contributed by atoms with van der Waals surface area (Å²) < 4.78 is 6.58. The molecule has 0 spiro atoms. The summed E-state index contributed by atoms with van der Waals surface area (Å²) in [6, 6.07) is 7.24. The van der Waals surface area contributed by atoms with Crippen molar-refractivity contribution < 1.29 is 4.79 Å². The van der Waals surface area contributed by atoms with Gasteiger partial charge in [0.15, 0.2) is 5.52 Å². The Morgan fingerprint density at radius 2 is 2.04 bits per heavy atom. The molecule has 1 amide bonds. The molecule has 0 unspecified atom stereocenters. The van der Waals surface area contributed by atoms with Crippen molar-refractivity contribution in [3.8, 4) is 0 Å². The molecule has 3 aromatic rings. The van der Waals surface area contributed by atoms with E-state index in [9.17, 15) is 14.4 Å². The monoisotopic (exact) mass is 372 g/mol. The van der Waals surface area contributed by atoms with Gasteiger partial charge in [-0.2, -0.15) is 4.37 Å². The Balaban J connectivity index is 2.06. The summed E-state index contributed by atoms with van der Waals surface area (Å²) in [7, 11) is 1.67. The van der Waals surface area contributed by atoms with Gasteiger partial charge in [-0.25, -0.2) is 4.79 Å². The molecule has 0 bridgehead atoms. The molecule has 1 aromatic carbocycles. The molecular formula is C18H20N4O3S. The van der Waals surface area contributed by atoms with E-state index in [0.29, 0.717) is 5.52 Å². The van der Waals surface area contributed by atoms with Crippen LogP contribution < -0.4 is 16.1 Å². The van der Waals surface area contributed by atoms with Gasteiger partial charge in [0.25, 0.3) is 5.56 Å². The number of carbonyl (C=O) groups excluding carboxylic acids is 1. The zero-order chi connectivity index (χ0) is 19.0. The van der Waals surface area contributed by atoms with Crippen molar-refractivity contribution in [1.29, 1.82) is 0 Å². The third-order valence-electron chi connectivity index (χ3n) is 4.27. The van der Waals surface area contributed by atoms with Crippen molar-refractivity contribution in [2.24, 2.45) is 0 Å². The number of hydrogen-bond donors (Lipinski definition) is 0. The first-order valence-electron chi connectivity index (χ1n) is 8.24. The second-order valence-electron chi connectivity index (χ2n) is 6.48. The molecule has 0 saturated carbocycles. The zero-order valence-electron chi connectivity index (χ0n) is 15.1. The van der Waals surface area contributed by atoms with Crippen molar-refractivity contribution >= 4 is 34.2 Å². The van der Waals surface area contributed by atoms with E-state index >= 15 is 0 Å². The SMILES string of the molecule is Cc1cccc(N(C)C(=O)Cn2c(=O)n(C(C)C)c(=O)c3nscc32)c1. The first-order valence-corrected chi connectivity index (χ1v) is 9.07. The van der Waals surface area contributed by atoms with E-state index in [4.69, 9.17) is 0 Å². The van der Waals surface area contributed by atoms with Crippen molar-refractivity contribution in [3.63, 3.8) is 0 Å². The maximum absolute atomic E-state index is 12.8. The lowest BCUT2D eigenvalue weighted by Gasteiger charge is -2.19. The number of nitrogens with zero attached hydrogens (tertiary/aromatic N) is 4. The Labute approximate surface area is 154 Å². The van der Waals surface area contributed by atoms with Crippen LogP contribution in [0, 0.1) is 6.92 Å². The van der Waals surface area contributed by atoms with Crippen LogP contribution in [0.15, 0.2) is 39.2 Å². The Morgan fingerprint density at radius 3 is 2.69 bits per heavy atom. The smallest absolute Gasteiger partial charge is 0.314 e. The highest BCUT2D eigenvalue weighted by atomic mass is 32.1. The molecule has 2 aromatic heterocycles. The summed E-state index contributed by atoms with van der Waals surface area (Å²) in [5.74, 6) is -0.251. The van der Waals surface area contributed by atoms with Gasteiger partial charge in [0.05, 0.1) is 5.52 Å². The molecule has 8 heteroatoms. The van der Waals surface area contributed by atoms with Crippen molar-refractivity contribution in [2.45, 2.75) is 33.4 Å². The van der Waals surface area contributed by atoms with Gasteiger partial charge in [-0.1, -0.05) is 12.1 Å². The lowest BCUT2D eigenvalue weighted by Crippen LogP contribution is -2.43. The maximum atomic E-state index is 12.8. The largest absolute Gasteiger partial charge is 0.332 e. The highest BCUT2D eigenvalue weighted by Crippen LogP contribution is 2.16. The quantitative estimate of drug-likeness (QED) is 0.703. The average Bonchev–Trinajstić information content (AvgIpc) is 3.07. The Morgan fingerprint density at radius 1 is 1.31 bits per heavy atom. The first kappa shape index (κ1) is 18.1. The zero-order valence-corrected chi connectivity index (χ0v) is 15.9. The van der Waals surface area contributed by atoms with E-state index < -0.39 is 11.2 Å². The Kier molecular flexibility index (Phi) is 4.78. The molecule has 0 aliphatic heterocycles. The van der Waals surface area contributed by atoms with E-state index in [1.165, 1.54) is 9.47 Å². The van der Waals surface area contributed by atoms with Gasteiger partial charge in [0.2, 0.25) is 5.91 Å². The van der Waals surface area contributed by atoms with Gasteiger partial charge >= 0.3 is 5.69 Å². The minimum Gasteiger partial charge on any atom is -0.314 e. The van der Waals surface area contributed by atoms with Crippen LogP contribution in [0.25, 0.3) is 11.0 Å². The lowest BCUT2D eigenvalue weighted by atomic mass is 10.2. The summed E-state index contributed by atoms with van der Waals surface area (Å²) in [5.41, 5.74) is 1.49. The average molecular weight is 372 g/mol. The number of aryl methyl sites for hydroxylation is 1. The van der Waals surface area contributed by atoms with Crippen LogP contribution >= 0.6 is 11.5 Å². The summed E-state index contributed by atoms with van der Waals surface area (Å²) in [4.78, 5) is 39.6. The van der Waals surface area contributed by atoms with Crippen LogP contribution in [0.2, 0.25) is 0 Å². The molecule has 26 heavy (non-hydrogen) atoms. The Bertz CT molecular complexity index is 1090. The molecule has 0 aliphatic carbocycles. The molecule has 0 fully saturated rings. The third-order valence-corrected chi connectivity index (χ3v) is 4.89. The molecule has 3 rings (SSSR count). The Hall–Kier alpha value is -2.74. The predicted molar refractivity (Wildman–Crippen MR) is 103 cm³/mol. The number of carbonyl (C=O) groups is 1. The van der Waals surface area contributed by atoms with Crippen LogP contribution in [0.5, 0.6) is 0 Å². The predicted octanol–water partition coefficient (Wildman–Crippen LogP) is 2.17. The standard InChI is InChI=1S/C18H20N4O3S/c1-11(2)22-17(24)16-14(10-26-19-16)21(18(22)25)9-15(23)20(4)13-7-5-6-12(3)8-13/h5-8,10-11H,9H2,1-4H3. The van der Waals surface area contributed by atoms with Crippen LogP contribution in [0.1, 0.15) is 25.5 Å². The first-order chi connectivity index (χ1) is 12.3. The lowest BCUT2D eigenvalue weighted by molar-refractivity contribution is -0.118. The normalized spacial score (nSPS) is 11.3. The number of rotatable bonds is 4. The van der Waals surface area contributed by atoms with Crippen molar-refractivity contribution in [3.05, 3.63) is 56.0 Å². The van der Waals surface area contributed by atoms with E-state index in [1.807, 2.05) is 31.2 Å². The number of likely N-dealkylation sites (N-methyl/N-ethyl adjacent to an activating group) is 1. The second kappa shape index (κ2) is 6.87. The van der Waals surface area contributed by atoms with Crippen LogP contribution in [0.3, 0.4) is 0 Å². The highest BCUT2D eigenvalue weighted by molar-refractivity contribution is 7.04. The maximum Gasteiger partial charge on any atom is 0.332 e. The van der Waals surface area contributed by atoms with Gasteiger partial charge in [-0.15, -0.1) is 0 Å². The number of benzene rings is 1. The number of aromatic nitrogens is 3. The third kappa shape index (κ3) is 3.08. The minimum absolute atomic E-state index is 0.162. The molecule has 0 atom stereocenters. The molecule has 7 nitrogen and oxygen atoms in total. The number of hydrogen-bond acceptors (Lipinski definition) is 5. The van der Waals surface area contributed by atoms with Gasteiger partial charge in [-0.3, -0.25) is 18.7 Å². The molecular weight excluding hydrogens is 352 g/mol. The fraction of sp³-hybridized carbons (Fsp3) is 0.333. The van der Waals surface area contributed by atoms with Gasteiger partial charge in [-0.05, 0) is 50.0 Å². The highest BCUT2D eigenvalue weighted by Gasteiger charge is 2.20. The number of amides is 1. The van der Waals surface area contributed by atoms with E-state index in [1.54, 1.807) is 26.3 Å². The van der Waals surface area contributed by atoms with Gasteiger partial charge < -0.3 is 4.90 Å². The van der Waals surface area contributed by atoms with Crippen molar-refractivity contribution in [1.82, 2.24) is 13.5 Å². The molecule has 0 radical (unpaired) electrons. The minimum atomic E-state index is -0.497. The molecule has 0 aliphatic rings. The summed E-state index contributed by atoms with van der Waals surface area (Å²) in [6.07, 6.45) is 0. The summed E-state index contributed by atoms with van der Waals surface area (Å²) in [6.45, 7) is 5.30. The van der Waals surface area contributed by atoms with Gasteiger partial charge in [0.1, 0.15) is 6.54 Å². The van der Waals surface area contributed by atoms with Crippen LogP contribution in [-0.2, 0) is 11.3 Å². The summed E-state index contributed by atoms with van der Waals surface area (Å²) in [5, 5.41) is 1.63. The number of fused-ring (bicyclic) bond motifs is 1. The van der Waals surface area contributed by atoms with E-state index in [-0.39, 0.29) is 24.0 Å². The number of anilines is 1. The molecule has 0 N–H and O–H groups in total. The fourth-order valence-electron chi connectivity index (χ4n) is 2.84. The second-order valence-corrected chi connectivity index (χ2v) is 7.11. The molecule has 2 heterocycles. The van der Waals surface area contributed by atoms with E-state index in [0.717, 1.165) is 27.4 Å². The topological polar surface area (TPSA) is 77.2 Å².